The molecule has 1 aromatic heterocycles. The van der Waals surface area contributed by atoms with Crippen LogP contribution in [0.25, 0.3) is 11.1 Å². The Morgan fingerprint density at radius 3 is 2.87 bits per heavy atom. The first-order valence-corrected chi connectivity index (χ1v) is 9.52. The van der Waals surface area contributed by atoms with E-state index in [-0.39, 0.29) is 23.5 Å². The molecule has 7 heteroatoms. The summed E-state index contributed by atoms with van der Waals surface area (Å²) in [5.41, 5.74) is 4.42. The van der Waals surface area contributed by atoms with Crippen molar-refractivity contribution in [3.63, 3.8) is 0 Å². The van der Waals surface area contributed by atoms with Gasteiger partial charge in [-0.25, -0.2) is 8.42 Å². The van der Waals surface area contributed by atoms with Crippen molar-refractivity contribution < 1.29 is 13.2 Å². The van der Waals surface area contributed by atoms with Gasteiger partial charge in [0.1, 0.15) is 0 Å². The van der Waals surface area contributed by atoms with Gasteiger partial charge in [-0.05, 0) is 30.4 Å². The van der Waals surface area contributed by atoms with Crippen molar-refractivity contribution in [1.29, 1.82) is 0 Å². The Morgan fingerprint density at radius 2 is 2.09 bits per heavy atom. The van der Waals surface area contributed by atoms with Crippen LogP contribution in [0.4, 0.5) is 0 Å². The SMILES string of the molecule is O=C(N[C@H]1CCS(=O)(=O)C1)c1n[nH]c2c1-c1ccccc1CC2. The summed E-state index contributed by atoms with van der Waals surface area (Å²) in [5, 5.41) is 9.97. The van der Waals surface area contributed by atoms with Gasteiger partial charge < -0.3 is 5.32 Å². The van der Waals surface area contributed by atoms with Crippen LogP contribution in [0.1, 0.15) is 28.2 Å². The molecular weight excluding hydrogens is 314 g/mol. The van der Waals surface area contributed by atoms with Gasteiger partial charge >= 0.3 is 0 Å². The molecule has 120 valence electrons. The molecule has 2 N–H and O–H groups in total. The van der Waals surface area contributed by atoms with Crippen LogP contribution in [-0.2, 0) is 22.7 Å². The summed E-state index contributed by atoms with van der Waals surface area (Å²) >= 11 is 0. The average molecular weight is 331 g/mol. The van der Waals surface area contributed by atoms with Crippen molar-refractivity contribution in [2.45, 2.75) is 25.3 Å². The molecule has 1 fully saturated rings. The monoisotopic (exact) mass is 331 g/mol. The number of benzene rings is 1. The second kappa shape index (κ2) is 5.19. The van der Waals surface area contributed by atoms with Crippen LogP contribution in [0.3, 0.4) is 0 Å². The maximum absolute atomic E-state index is 12.6. The Bertz CT molecular complexity index is 886. The maximum Gasteiger partial charge on any atom is 0.272 e. The third-order valence-corrected chi connectivity index (χ3v) is 6.32. The first-order chi connectivity index (χ1) is 11.0. The van der Waals surface area contributed by atoms with Crippen molar-refractivity contribution in [3.8, 4) is 11.1 Å². The number of fused-ring (bicyclic) bond motifs is 3. The van der Waals surface area contributed by atoms with E-state index in [1.165, 1.54) is 5.56 Å². The average Bonchev–Trinajstić information content (AvgIpc) is 3.10. The second-order valence-corrected chi connectivity index (χ2v) is 8.39. The van der Waals surface area contributed by atoms with Gasteiger partial charge in [0, 0.05) is 17.3 Å². The minimum Gasteiger partial charge on any atom is -0.347 e. The summed E-state index contributed by atoms with van der Waals surface area (Å²) in [6.45, 7) is 0. The molecule has 1 atom stereocenters. The molecule has 1 amide bonds. The number of sulfone groups is 1. The van der Waals surface area contributed by atoms with Gasteiger partial charge in [-0.2, -0.15) is 5.10 Å². The molecule has 0 radical (unpaired) electrons. The molecule has 1 aliphatic carbocycles. The van der Waals surface area contributed by atoms with Crippen LogP contribution in [-0.4, -0.2) is 42.1 Å². The Balaban J connectivity index is 1.65. The molecule has 0 spiro atoms. The molecule has 0 unspecified atom stereocenters. The van der Waals surface area contributed by atoms with Crippen molar-refractivity contribution >= 4 is 15.7 Å². The number of aromatic nitrogens is 2. The number of carbonyl (C=O) groups excluding carboxylic acids is 1. The highest BCUT2D eigenvalue weighted by Gasteiger charge is 2.31. The van der Waals surface area contributed by atoms with Gasteiger partial charge in [0.15, 0.2) is 15.5 Å². The smallest absolute Gasteiger partial charge is 0.272 e. The van der Waals surface area contributed by atoms with Crippen LogP contribution in [0, 0.1) is 0 Å². The van der Waals surface area contributed by atoms with E-state index in [1.807, 2.05) is 18.2 Å². The lowest BCUT2D eigenvalue weighted by atomic mass is 9.88. The zero-order valence-electron chi connectivity index (χ0n) is 12.5. The number of rotatable bonds is 2. The summed E-state index contributed by atoms with van der Waals surface area (Å²) in [4.78, 5) is 12.6. The van der Waals surface area contributed by atoms with Crippen LogP contribution in [0.2, 0.25) is 0 Å². The van der Waals surface area contributed by atoms with Gasteiger partial charge in [-0.3, -0.25) is 9.89 Å². The number of aryl methyl sites for hydroxylation is 2. The minimum absolute atomic E-state index is 0.0158. The Morgan fingerprint density at radius 1 is 1.26 bits per heavy atom. The molecule has 0 saturated carbocycles. The minimum atomic E-state index is -3.02. The molecular formula is C16H17N3O3S. The topological polar surface area (TPSA) is 91.9 Å². The number of hydrogen-bond donors (Lipinski definition) is 2. The largest absolute Gasteiger partial charge is 0.347 e. The second-order valence-electron chi connectivity index (χ2n) is 6.16. The summed E-state index contributed by atoms with van der Waals surface area (Å²) < 4.78 is 23.1. The molecule has 4 rings (SSSR count). The fraction of sp³-hybridized carbons (Fsp3) is 0.375. The maximum atomic E-state index is 12.6. The standard InChI is InChI=1S/C16H17N3O3S/c20-16(17-11-7-8-23(21,22)9-11)15-14-12-4-2-1-3-10(12)5-6-13(14)18-19-15/h1-4,11H,5-9H2,(H,17,20)(H,18,19)/t11-/m0/s1. The summed E-state index contributed by atoms with van der Waals surface area (Å²) in [5.74, 6) is -0.150. The molecule has 0 bridgehead atoms. The Labute approximate surface area is 134 Å². The molecule has 2 heterocycles. The van der Waals surface area contributed by atoms with Crippen LogP contribution in [0.15, 0.2) is 24.3 Å². The number of H-pyrrole nitrogens is 1. The van der Waals surface area contributed by atoms with Gasteiger partial charge in [0.25, 0.3) is 5.91 Å². The van der Waals surface area contributed by atoms with E-state index in [2.05, 4.69) is 21.6 Å². The van der Waals surface area contributed by atoms with E-state index >= 15 is 0 Å². The highest BCUT2D eigenvalue weighted by molar-refractivity contribution is 7.91. The lowest BCUT2D eigenvalue weighted by Gasteiger charge is -2.17. The molecule has 1 aliphatic heterocycles. The van der Waals surface area contributed by atoms with E-state index in [0.29, 0.717) is 12.1 Å². The number of nitrogens with one attached hydrogen (secondary N) is 2. The van der Waals surface area contributed by atoms with Gasteiger partial charge in [-0.1, -0.05) is 24.3 Å². The molecule has 2 aliphatic rings. The molecule has 1 saturated heterocycles. The number of nitrogens with zero attached hydrogens (tertiary/aromatic N) is 1. The Hall–Kier alpha value is -2.15. The lowest BCUT2D eigenvalue weighted by Crippen LogP contribution is -2.36. The molecule has 2 aromatic rings. The fourth-order valence-corrected chi connectivity index (χ4v) is 5.09. The first kappa shape index (κ1) is 14.4. The number of hydrogen-bond acceptors (Lipinski definition) is 4. The lowest BCUT2D eigenvalue weighted by molar-refractivity contribution is 0.0936. The zero-order chi connectivity index (χ0) is 16.0. The number of carbonyl (C=O) groups is 1. The Kier molecular flexibility index (Phi) is 3.26. The van der Waals surface area contributed by atoms with Crippen molar-refractivity contribution in [1.82, 2.24) is 15.5 Å². The summed E-state index contributed by atoms with van der Waals surface area (Å²) in [6, 6.07) is 7.69. The van der Waals surface area contributed by atoms with E-state index in [0.717, 1.165) is 29.7 Å². The van der Waals surface area contributed by atoms with Crippen LogP contribution < -0.4 is 5.32 Å². The predicted molar refractivity (Wildman–Crippen MR) is 86.0 cm³/mol. The molecule has 23 heavy (non-hydrogen) atoms. The molecule has 1 aromatic carbocycles. The zero-order valence-corrected chi connectivity index (χ0v) is 13.3. The third kappa shape index (κ3) is 2.55. The highest BCUT2D eigenvalue weighted by Crippen LogP contribution is 2.34. The fourth-order valence-electron chi connectivity index (χ4n) is 3.42. The van der Waals surface area contributed by atoms with E-state index < -0.39 is 9.84 Å². The summed E-state index contributed by atoms with van der Waals surface area (Å²) in [7, 11) is -3.02. The highest BCUT2D eigenvalue weighted by atomic mass is 32.2. The van der Waals surface area contributed by atoms with Gasteiger partial charge in [-0.15, -0.1) is 0 Å². The number of aromatic amines is 1. The normalized spacial score (nSPS) is 21.5. The predicted octanol–water partition coefficient (Wildman–Crippen LogP) is 1.09. The summed E-state index contributed by atoms with van der Waals surface area (Å²) in [6.07, 6.45) is 2.22. The van der Waals surface area contributed by atoms with Gasteiger partial charge in [0.2, 0.25) is 0 Å². The third-order valence-electron chi connectivity index (χ3n) is 4.56. The van der Waals surface area contributed by atoms with Crippen molar-refractivity contribution in [2.75, 3.05) is 11.5 Å². The van der Waals surface area contributed by atoms with Crippen LogP contribution >= 0.6 is 0 Å². The number of amides is 1. The van der Waals surface area contributed by atoms with Crippen molar-refractivity contribution in [3.05, 3.63) is 41.2 Å². The van der Waals surface area contributed by atoms with Gasteiger partial charge in [0.05, 0.1) is 11.5 Å². The van der Waals surface area contributed by atoms with Crippen LogP contribution in [0.5, 0.6) is 0 Å². The van der Waals surface area contributed by atoms with E-state index in [1.54, 1.807) is 0 Å². The van der Waals surface area contributed by atoms with E-state index in [4.69, 9.17) is 0 Å². The van der Waals surface area contributed by atoms with E-state index in [9.17, 15) is 13.2 Å². The molecule has 6 nitrogen and oxygen atoms in total. The first-order valence-electron chi connectivity index (χ1n) is 7.70. The quantitative estimate of drug-likeness (QED) is 0.862. The van der Waals surface area contributed by atoms with Crippen molar-refractivity contribution in [2.24, 2.45) is 0 Å².